The molecule has 36 heavy (non-hydrogen) atoms. The average molecular weight is 470 g/mol. The molecule has 0 saturated carbocycles. The molecule has 0 bridgehead atoms. The maximum Gasteiger partial charge on any atom is 0.344 e. The lowest BCUT2D eigenvalue weighted by Gasteiger charge is -2.37. The van der Waals surface area contributed by atoms with E-state index in [4.69, 9.17) is 4.42 Å². The van der Waals surface area contributed by atoms with Crippen LogP contribution in [0.4, 0.5) is 5.69 Å². The highest BCUT2D eigenvalue weighted by Gasteiger charge is 2.27. The summed E-state index contributed by atoms with van der Waals surface area (Å²) in [4.78, 5) is 15.6. The number of benzene rings is 4. The second kappa shape index (κ2) is 8.53. The van der Waals surface area contributed by atoms with E-state index in [-0.39, 0.29) is 5.63 Å². The Morgan fingerprint density at radius 3 is 1.89 bits per heavy atom. The summed E-state index contributed by atoms with van der Waals surface area (Å²) in [6, 6.07) is 31.5. The van der Waals surface area contributed by atoms with Crippen molar-refractivity contribution in [3.63, 3.8) is 0 Å². The molecule has 0 fully saturated rings. The molecule has 5 aromatic rings. The van der Waals surface area contributed by atoms with Crippen molar-refractivity contribution in [3.05, 3.63) is 113 Å². The number of nitrogens with zero attached hydrogens (tertiary/aromatic N) is 1. The van der Waals surface area contributed by atoms with Crippen LogP contribution in [0.3, 0.4) is 0 Å². The van der Waals surface area contributed by atoms with Gasteiger partial charge in [0.05, 0.1) is 5.56 Å². The number of rotatable bonds is 3. The highest BCUT2D eigenvalue weighted by atomic mass is 16.4. The highest BCUT2D eigenvalue weighted by Crippen LogP contribution is 2.40. The van der Waals surface area contributed by atoms with Crippen molar-refractivity contribution in [2.24, 2.45) is 0 Å². The average Bonchev–Trinajstić information content (AvgIpc) is 2.94. The van der Waals surface area contributed by atoms with Gasteiger partial charge in [0.1, 0.15) is 5.58 Å². The molecule has 0 atom stereocenters. The van der Waals surface area contributed by atoms with E-state index in [1.165, 1.54) is 34.4 Å². The second-order valence-electron chi connectivity index (χ2n) is 9.94. The minimum atomic E-state index is -0.258. The topological polar surface area (TPSA) is 33.5 Å². The predicted molar refractivity (Wildman–Crippen MR) is 148 cm³/mol. The van der Waals surface area contributed by atoms with Crippen molar-refractivity contribution in [1.82, 2.24) is 0 Å². The van der Waals surface area contributed by atoms with E-state index in [0.29, 0.717) is 5.56 Å². The minimum absolute atomic E-state index is 0.258. The lowest BCUT2D eigenvalue weighted by molar-refractivity contribution is 0.552. The quantitative estimate of drug-likeness (QED) is 0.257. The zero-order valence-electron chi connectivity index (χ0n) is 20.2. The Labute approximate surface area is 210 Å². The van der Waals surface area contributed by atoms with Crippen LogP contribution in [0.25, 0.3) is 44.3 Å². The first-order chi connectivity index (χ1) is 17.7. The Hall–Kier alpha value is -4.11. The first-order valence-corrected chi connectivity index (χ1v) is 12.9. The Kier molecular flexibility index (Phi) is 5.02. The van der Waals surface area contributed by atoms with Crippen molar-refractivity contribution < 1.29 is 4.42 Å². The van der Waals surface area contributed by atoms with E-state index >= 15 is 0 Å². The van der Waals surface area contributed by atoms with Gasteiger partial charge in [0.25, 0.3) is 0 Å². The van der Waals surface area contributed by atoms with E-state index in [1.54, 1.807) is 0 Å². The van der Waals surface area contributed by atoms with Gasteiger partial charge in [-0.05, 0) is 71.2 Å². The molecule has 7 rings (SSSR count). The van der Waals surface area contributed by atoms with E-state index in [1.807, 2.05) is 24.3 Å². The normalized spacial score (nSPS) is 14.6. The van der Waals surface area contributed by atoms with Crippen LogP contribution in [0.1, 0.15) is 24.0 Å². The number of anilines is 1. The summed E-state index contributed by atoms with van der Waals surface area (Å²) in [6.45, 7) is 2.21. The van der Waals surface area contributed by atoms with Gasteiger partial charge in [0.15, 0.2) is 0 Å². The van der Waals surface area contributed by atoms with Crippen LogP contribution in [0.5, 0.6) is 0 Å². The van der Waals surface area contributed by atoms with E-state index in [0.717, 1.165) is 60.0 Å². The monoisotopic (exact) mass is 469 g/mol. The van der Waals surface area contributed by atoms with Gasteiger partial charge in [-0.25, -0.2) is 4.79 Å². The molecule has 0 N–H and O–H groups in total. The van der Waals surface area contributed by atoms with Gasteiger partial charge in [-0.3, -0.25) is 0 Å². The van der Waals surface area contributed by atoms with Crippen LogP contribution in [-0.2, 0) is 12.8 Å². The summed E-state index contributed by atoms with van der Waals surface area (Å²) in [6.07, 6.45) is 4.39. The Balaban J connectivity index is 1.23. The van der Waals surface area contributed by atoms with Crippen LogP contribution < -0.4 is 10.5 Å². The molecule has 0 saturated heterocycles. The molecular formula is C33H27NO2. The Morgan fingerprint density at radius 1 is 0.639 bits per heavy atom. The summed E-state index contributed by atoms with van der Waals surface area (Å²) in [7, 11) is 0. The SMILES string of the molecule is O=c1oc2c3c4c(cc2cc1-c1ccc(-c2ccc(-c5ccccc5)cc2)cc1)CCCN4CCC3. The van der Waals surface area contributed by atoms with E-state index in [2.05, 4.69) is 71.6 Å². The predicted octanol–water partition coefficient (Wildman–Crippen LogP) is 7.49. The van der Waals surface area contributed by atoms with Crippen LogP contribution in [0.2, 0.25) is 0 Å². The Morgan fingerprint density at radius 2 is 1.22 bits per heavy atom. The third-order valence-electron chi connectivity index (χ3n) is 7.74. The summed E-state index contributed by atoms with van der Waals surface area (Å²) in [5, 5.41) is 1.04. The maximum absolute atomic E-state index is 13.1. The fraction of sp³-hybridized carbons (Fsp3) is 0.182. The molecular weight excluding hydrogens is 442 g/mol. The van der Waals surface area contributed by atoms with Crippen molar-refractivity contribution >= 4 is 16.7 Å². The lowest BCUT2D eigenvalue weighted by Crippen LogP contribution is -2.34. The van der Waals surface area contributed by atoms with Crippen molar-refractivity contribution in [1.29, 1.82) is 0 Å². The molecule has 2 aliphatic heterocycles. The van der Waals surface area contributed by atoms with Crippen LogP contribution in [0, 0.1) is 0 Å². The van der Waals surface area contributed by atoms with Crippen LogP contribution in [0.15, 0.2) is 100 Å². The van der Waals surface area contributed by atoms with Gasteiger partial charge in [0, 0.05) is 29.7 Å². The number of aryl methyl sites for hydroxylation is 2. The van der Waals surface area contributed by atoms with Gasteiger partial charge >= 0.3 is 5.63 Å². The molecule has 1 aromatic heterocycles. The van der Waals surface area contributed by atoms with Crippen LogP contribution in [-0.4, -0.2) is 13.1 Å². The number of hydrogen-bond acceptors (Lipinski definition) is 3. The molecule has 3 heteroatoms. The van der Waals surface area contributed by atoms with Gasteiger partial charge in [0.2, 0.25) is 0 Å². The molecule has 0 spiro atoms. The zero-order valence-corrected chi connectivity index (χ0v) is 20.2. The van der Waals surface area contributed by atoms with Gasteiger partial charge in [-0.1, -0.05) is 78.9 Å². The summed E-state index contributed by atoms with van der Waals surface area (Å²) < 4.78 is 6.01. The molecule has 176 valence electrons. The number of fused-ring (bicyclic) bond motifs is 2. The molecule has 0 unspecified atom stereocenters. The third kappa shape index (κ3) is 3.54. The fourth-order valence-electron chi connectivity index (χ4n) is 5.98. The van der Waals surface area contributed by atoms with Gasteiger partial charge < -0.3 is 9.32 Å². The van der Waals surface area contributed by atoms with Crippen LogP contribution >= 0.6 is 0 Å². The van der Waals surface area contributed by atoms with Crippen molar-refractivity contribution in [3.8, 4) is 33.4 Å². The van der Waals surface area contributed by atoms with Crippen molar-refractivity contribution in [2.75, 3.05) is 18.0 Å². The fourth-order valence-corrected chi connectivity index (χ4v) is 5.98. The molecule has 3 heterocycles. The first-order valence-electron chi connectivity index (χ1n) is 12.9. The molecule has 0 amide bonds. The molecule has 3 nitrogen and oxygen atoms in total. The molecule has 4 aromatic carbocycles. The molecule has 0 aliphatic carbocycles. The van der Waals surface area contributed by atoms with Gasteiger partial charge in [-0.2, -0.15) is 0 Å². The van der Waals surface area contributed by atoms with Crippen molar-refractivity contribution in [2.45, 2.75) is 25.7 Å². The maximum atomic E-state index is 13.1. The van der Waals surface area contributed by atoms with E-state index in [9.17, 15) is 4.79 Å². The standard InChI is InChI=1S/C33H27NO2/c35-33-30(21-28-20-27-8-4-18-34-19-5-9-29(31(27)34)32(28)36-33)26-16-14-25(15-17-26)24-12-10-23(11-13-24)22-6-2-1-3-7-22/h1-3,6-7,10-17,20-21H,4-5,8-9,18-19H2. The first kappa shape index (κ1) is 21.2. The molecule has 0 radical (unpaired) electrons. The zero-order chi connectivity index (χ0) is 24.1. The lowest BCUT2D eigenvalue weighted by atomic mass is 9.89. The smallest absolute Gasteiger partial charge is 0.344 e. The second-order valence-corrected chi connectivity index (χ2v) is 9.94. The Bertz CT molecular complexity index is 1630. The summed E-state index contributed by atoms with van der Waals surface area (Å²) in [5.74, 6) is 0. The van der Waals surface area contributed by atoms with Gasteiger partial charge in [-0.15, -0.1) is 0 Å². The minimum Gasteiger partial charge on any atom is -0.422 e. The third-order valence-corrected chi connectivity index (χ3v) is 7.74. The summed E-state index contributed by atoms with van der Waals surface area (Å²) >= 11 is 0. The number of hydrogen-bond donors (Lipinski definition) is 0. The largest absolute Gasteiger partial charge is 0.422 e. The van der Waals surface area contributed by atoms with E-state index < -0.39 is 0 Å². The molecule has 2 aliphatic rings. The highest BCUT2D eigenvalue weighted by molar-refractivity contribution is 5.91. The summed E-state index contributed by atoms with van der Waals surface area (Å²) in [5.41, 5.74) is 10.7.